The minimum Gasteiger partial charge on any atom is -0.393 e. The topological polar surface area (TPSA) is 58.6 Å². The summed E-state index contributed by atoms with van der Waals surface area (Å²) in [5, 5.41) is 12.4. The summed E-state index contributed by atoms with van der Waals surface area (Å²) in [4.78, 5) is 11.9. The smallest absolute Gasteiger partial charge is 0.225 e. The molecule has 1 aliphatic heterocycles. The molecule has 0 aromatic carbocycles. The molecular formula is C13H23NO3. The van der Waals surface area contributed by atoms with Crippen LogP contribution in [0.15, 0.2) is 0 Å². The third-order valence-electron chi connectivity index (χ3n) is 3.95. The van der Waals surface area contributed by atoms with Gasteiger partial charge in [0.2, 0.25) is 5.91 Å². The summed E-state index contributed by atoms with van der Waals surface area (Å²) in [5.74, 6) is 0.724. The van der Waals surface area contributed by atoms with Gasteiger partial charge in [0, 0.05) is 6.54 Å². The second kappa shape index (κ2) is 5.83. The number of carbonyl (C=O) groups excluding carboxylic acids is 1. The molecule has 2 unspecified atom stereocenters. The number of amides is 1. The summed E-state index contributed by atoms with van der Waals surface area (Å²) >= 11 is 0. The summed E-state index contributed by atoms with van der Waals surface area (Å²) in [6.07, 6.45) is 4.75. The fraction of sp³-hybridized carbons (Fsp3) is 0.923. The molecule has 1 saturated heterocycles. The van der Waals surface area contributed by atoms with Crippen LogP contribution >= 0.6 is 0 Å². The van der Waals surface area contributed by atoms with E-state index in [1.807, 2.05) is 6.92 Å². The molecule has 2 N–H and O–H groups in total. The molecule has 0 aromatic rings. The van der Waals surface area contributed by atoms with Gasteiger partial charge >= 0.3 is 0 Å². The fourth-order valence-corrected chi connectivity index (χ4v) is 2.74. The van der Waals surface area contributed by atoms with Crippen molar-refractivity contribution in [3.05, 3.63) is 0 Å². The molecule has 1 heterocycles. The Morgan fingerprint density at radius 1 is 1.35 bits per heavy atom. The van der Waals surface area contributed by atoms with Crippen LogP contribution in [0.2, 0.25) is 0 Å². The average Bonchev–Trinajstić information content (AvgIpc) is 2.75. The maximum Gasteiger partial charge on any atom is 0.225 e. The third kappa shape index (κ3) is 3.68. The fourth-order valence-electron chi connectivity index (χ4n) is 2.74. The molecule has 2 aliphatic rings. The molecule has 1 saturated carbocycles. The van der Waals surface area contributed by atoms with Gasteiger partial charge in [-0.3, -0.25) is 4.79 Å². The van der Waals surface area contributed by atoms with Gasteiger partial charge in [-0.05, 0) is 44.9 Å². The number of rotatable bonds is 3. The zero-order chi connectivity index (χ0) is 12.3. The number of nitrogens with one attached hydrogen (secondary N) is 1. The summed E-state index contributed by atoms with van der Waals surface area (Å²) in [6.45, 7) is 3.34. The first-order chi connectivity index (χ1) is 8.15. The van der Waals surface area contributed by atoms with Gasteiger partial charge in [0.1, 0.15) is 0 Å². The minimum absolute atomic E-state index is 0.0409. The molecule has 0 radical (unpaired) electrons. The van der Waals surface area contributed by atoms with Crippen molar-refractivity contribution in [3.63, 3.8) is 0 Å². The first kappa shape index (κ1) is 12.8. The Bertz CT molecular complexity index is 261. The van der Waals surface area contributed by atoms with Crippen molar-refractivity contribution in [2.24, 2.45) is 11.8 Å². The van der Waals surface area contributed by atoms with Crippen molar-refractivity contribution in [3.8, 4) is 0 Å². The highest BCUT2D eigenvalue weighted by atomic mass is 16.5. The van der Waals surface area contributed by atoms with Gasteiger partial charge in [-0.1, -0.05) is 0 Å². The average molecular weight is 241 g/mol. The van der Waals surface area contributed by atoms with Crippen LogP contribution in [0.1, 0.15) is 39.0 Å². The van der Waals surface area contributed by atoms with E-state index in [2.05, 4.69) is 5.32 Å². The van der Waals surface area contributed by atoms with E-state index in [0.29, 0.717) is 12.5 Å². The molecule has 2 fully saturated rings. The van der Waals surface area contributed by atoms with E-state index in [4.69, 9.17) is 4.74 Å². The number of hydrogen-bond donors (Lipinski definition) is 2. The first-order valence-corrected chi connectivity index (χ1v) is 6.72. The predicted molar refractivity (Wildman–Crippen MR) is 64.5 cm³/mol. The van der Waals surface area contributed by atoms with E-state index in [-0.39, 0.29) is 24.0 Å². The van der Waals surface area contributed by atoms with Crippen LogP contribution in [0.25, 0.3) is 0 Å². The van der Waals surface area contributed by atoms with E-state index in [0.717, 1.165) is 38.6 Å². The molecular weight excluding hydrogens is 218 g/mol. The Morgan fingerprint density at radius 2 is 2.06 bits per heavy atom. The number of aliphatic hydroxyl groups excluding tert-OH is 1. The van der Waals surface area contributed by atoms with Gasteiger partial charge in [-0.25, -0.2) is 0 Å². The minimum atomic E-state index is -0.119. The quantitative estimate of drug-likeness (QED) is 0.777. The van der Waals surface area contributed by atoms with Gasteiger partial charge in [0.15, 0.2) is 0 Å². The van der Waals surface area contributed by atoms with Gasteiger partial charge in [-0.2, -0.15) is 0 Å². The Balaban J connectivity index is 1.66. The van der Waals surface area contributed by atoms with Crippen molar-refractivity contribution >= 4 is 5.91 Å². The van der Waals surface area contributed by atoms with Crippen molar-refractivity contribution in [2.75, 3.05) is 13.2 Å². The van der Waals surface area contributed by atoms with Crippen LogP contribution in [0.3, 0.4) is 0 Å². The van der Waals surface area contributed by atoms with Crippen molar-refractivity contribution in [1.82, 2.24) is 5.32 Å². The number of carbonyl (C=O) groups is 1. The number of aliphatic hydroxyl groups is 1. The molecule has 98 valence electrons. The molecule has 17 heavy (non-hydrogen) atoms. The largest absolute Gasteiger partial charge is 0.393 e. The lowest BCUT2D eigenvalue weighted by atomic mass is 9.87. The Kier molecular flexibility index (Phi) is 4.40. The monoisotopic (exact) mass is 241 g/mol. The SMILES string of the molecule is CC1CC(C(=O)NCC2CCC(O)CC2)CO1. The predicted octanol–water partition coefficient (Wildman–Crippen LogP) is 1.08. The zero-order valence-corrected chi connectivity index (χ0v) is 10.5. The standard InChI is InChI=1S/C13H23NO3/c1-9-6-11(8-17-9)13(16)14-7-10-2-4-12(15)5-3-10/h9-12,15H,2-8H2,1H3,(H,14,16). The van der Waals surface area contributed by atoms with Gasteiger partial charge in [-0.15, -0.1) is 0 Å². The van der Waals surface area contributed by atoms with Crippen LogP contribution in [0, 0.1) is 11.8 Å². The molecule has 1 aliphatic carbocycles. The maximum atomic E-state index is 11.9. The summed E-state index contributed by atoms with van der Waals surface area (Å²) in [6, 6.07) is 0. The van der Waals surface area contributed by atoms with Crippen LogP contribution < -0.4 is 5.32 Å². The molecule has 2 atom stereocenters. The van der Waals surface area contributed by atoms with Gasteiger partial charge < -0.3 is 15.2 Å². The van der Waals surface area contributed by atoms with Gasteiger partial charge in [0.05, 0.1) is 24.7 Å². The lowest BCUT2D eigenvalue weighted by Gasteiger charge is -2.25. The normalized spacial score (nSPS) is 38.0. The lowest BCUT2D eigenvalue weighted by molar-refractivity contribution is -0.125. The number of ether oxygens (including phenoxy) is 1. The zero-order valence-electron chi connectivity index (χ0n) is 10.5. The molecule has 1 amide bonds. The van der Waals surface area contributed by atoms with Crippen molar-refractivity contribution < 1.29 is 14.6 Å². The molecule has 0 bridgehead atoms. The van der Waals surface area contributed by atoms with Crippen LogP contribution in [-0.4, -0.2) is 36.4 Å². The van der Waals surface area contributed by atoms with E-state index >= 15 is 0 Å². The Morgan fingerprint density at radius 3 is 2.65 bits per heavy atom. The summed E-state index contributed by atoms with van der Waals surface area (Å²) < 4.78 is 5.40. The maximum absolute atomic E-state index is 11.9. The Hall–Kier alpha value is -0.610. The van der Waals surface area contributed by atoms with Crippen LogP contribution in [-0.2, 0) is 9.53 Å². The third-order valence-corrected chi connectivity index (χ3v) is 3.95. The highest BCUT2D eigenvalue weighted by molar-refractivity contribution is 5.79. The van der Waals surface area contributed by atoms with E-state index < -0.39 is 0 Å². The summed E-state index contributed by atoms with van der Waals surface area (Å²) in [5.41, 5.74) is 0. The lowest BCUT2D eigenvalue weighted by Crippen LogP contribution is -2.36. The highest BCUT2D eigenvalue weighted by Crippen LogP contribution is 2.24. The molecule has 2 rings (SSSR count). The molecule has 0 spiro atoms. The van der Waals surface area contributed by atoms with Gasteiger partial charge in [0.25, 0.3) is 0 Å². The highest BCUT2D eigenvalue weighted by Gasteiger charge is 2.28. The second-order valence-electron chi connectivity index (χ2n) is 5.50. The first-order valence-electron chi connectivity index (χ1n) is 6.72. The molecule has 4 heteroatoms. The van der Waals surface area contributed by atoms with E-state index in [1.165, 1.54) is 0 Å². The summed E-state index contributed by atoms with van der Waals surface area (Å²) in [7, 11) is 0. The van der Waals surface area contributed by atoms with E-state index in [9.17, 15) is 9.90 Å². The van der Waals surface area contributed by atoms with Crippen LogP contribution in [0.4, 0.5) is 0 Å². The Labute approximate surface area is 103 Å². The van der Waals surface area contributed by atoms with Crippen LogP contribution in [0.5, 0.6) is 0 Å². The number of hydrogen-bond acceptors (Lipinski definition) is 3. The van der Waals surface area contributed by atoms with Crippen molar-refractivity contribution in [2.45, 2.75) is 51.2 Å². The van der Waals surface area contributed by atoms with E-state index in [1.54, 1.807) is 0 Å². The molecule has 0 aromatic heterocycles. The second-order valence-corrected chi connectivity index (χ2v) is 5.50. The molecule has 4 nitrogen and oxygen atoms in total. The van der Waals surface area contributed by atoms with Crippen molar-refractivity contribution in [1.29, 1.82) is 0 Å².